The number of hydrogen-bond acceptors (Lipinski definition) is 2. The maximum absolute atomic E-state index is 7.33. The van der Waals surface area contributed by atoms with E-state index in [1.165, 1.54) is 16.0 Å². The minimum atomic E-state index is 0.148. The minimum Gasteiger partial charge on any atom is -0.387 e. The van der Waals surface area contributed by atoms with Gasteiger partial charge in [-0.25, -0.2) is 0 Å². The average molecular weight is 222 g/mol. The van der Waals surface area contributed by atoms with Crippen LogP contribution < -0.4 is 5.73 Å². The molecule has 0 spiro atoms. The number of nitrogens with one attached hydrogen (secondary N) is 1. The first-order valence-corrected chi connectivity index (χ1v) is 6.03. The largest absolute Gasteiger partial charge is 0.387 e. The number of amidine groups is 1. The van der Waals surface area contributed by atoms with Gasteiger partial charge in [0.1, 0.15) is 0 Å². The summed E-state index contributed by atoms with van der Waals surface area (Å²) in [5, 5.41) is 7.33. The number of thioether (sulfide) groups is 1. The van der Waals surface area contributed by atoms with Gasteiger partial charge < -0.3 is 5.73 Å². The Balaban J connectivity index is 2.65. The molecule has 0 saturated carbocycles. The molecule has 0 bridgehead atoms. The lowest BCUT2D eigenvalue weighted by atomic mass is 10.2. The highest BCUT2D eigenvalue weighted by atomic mass is 32.2. The van der Waals surface area contributed by atoms with Crippen LogP contribution in [0.4, 0.5) is 0 Å². The molecule has 0 radical (unpaired) electrons. The molecule has 1 aromatic rings. The monoisotopic (exact) mass is 222 g/mol. The van der Waals surface area contributed by atoms with Gasteiger partial charge in [-0.3, -0.25) is 5.41 Å². The molecule has 0 aromatic heterocycles. The molecule has 1 aromatic carbocycles. The first-order chi connectivity index (χ1) is 7.00. The Morgan fingerprint density at radius 2 is 2.13 bits per heavy atom. The molecule has 3 N–H and O–H groups in total. The molecule has 0 aliphatic rings. The van der Waals surface area contributed by atoms with Crippen molar-refractivity contribution < 1.29 is 0 Å². The molecule has 1 rings (SSSR count). The maximum atomic E-state index is 7.33. The van der Waals surface area contributed by atoms with Gasteiger partial charge in [0, 0.05) is 16.6 Å². The lowest BCUT2D eigenvalue weighted by molar-refractivity contribution is 0.879. The van der Waals surface area contributed by atoms with Crippen molar-refractivity contribution in [2.75, 3.05) is 5.75 Å². The summed E-state index contributed by atoms with van der Waals surface area (Å²) in [4.78, 5) is 1.29. The second-order valence-electron chi connectivity index (χ2n) is 3.94. The first kappa shape index (κ1) is 12.1. The highest BCUT2D eigenvalue weighted by Crippen LogP contribution is 2.25. The van der Waals surface area contributed by atoms with Gasteiger partial charge in [-0.05, 0) is 25.5 Å². The summed E-state index contributed by atoms with van der Waals surface area (Å²) in [5.74, 6) is 1.29. The van der Waals surface area contributed by atoms with Crippen LogP contribution in [0.1, 0.15) is 18.1 Å². The lowest BCUT2D eigenvalue weighted by Gasteiger charge is -2.11. The Morgan fingerprint density at radius 3 is 2.73 bits per heavy atom. The number of nitrogens with two attached hydrogens (primary N) is 1. The van der Waals surface area contributed by atoms with Crippen molar-refractivity contribution in [2.24, 2.45) is 11.7 Å². The standard InChI is InChI=1S/C12H18N2S/c1-8-4-5-9(2)11(6-8)15-7-10(3)12(13)14/h4-6,10H,7H2,1-3H3,(H3,13,14). The van der Waals surface area contributed by atoms with Crippen LogP contribution in [-0.2, 0) is 0 Å². The maximum Gasteiger partial charge on any atom is 0.0942 e. The molecular formula is C12H18N2S. The minimum absolute atomic E-state index is 0.148. The first-order valence-electron chi connectivity index (χ1n) is 5.04. The molecule has 1 atom stereocenters. The van der Waals surface area contributed by atoms with E-state index < -0.39 is 0 Å². The van der Waals surface area contributed by atoms with Crippen LogP contribution in [0.3, 0.4) is 0 Å². The van der Waals surface area contributed by atoms with Crippen LogP contribution in [0.2, 0.25) is 0 Å². The van der Waals surface area contributed by atoms with Gasteiger partial charge in [-0.2, -0.15) is 0 Å². The molecule has 15 heavy (non-hydrogen) atoms. The number of rotatable bonds is 4. The van der Waals surface area contributed by atoms with Gasteiger partial charge in [0.15, 0.2) is 0 Å². The van der Waals surface area contributed by atoms with Gasteiger partial charge in [0.05, 0.1) is 5.84 Å². The fraction of sp³-hybridized carbons (Fsp3) is 0.417. The highest BCUT2D eigenvalue weighted by Gasteiger charge is 2.07. The van der Waals surface area contributed by atoms with Crippen molar-refractivity contribution >= 4 is 17.6 Å². The van der Waals surface area contributed by atoms with Crippen molar-refractivity contribution in [1.82, 2.24) is 0 Å². The number of hydrogen-bond donors (Lipinski definition) is 2. The third kappa shape index (κ3) is 3.59. The van der Waals surface area contributed by atoms with Crippen molar-refractivity contribution in [3.8, 4) is 0 Å². The summed E-state index contributed by atoms with van der Waals surface area (Å²) >= 11 is 1.78. The Bertz CT molecular complexity index is 361. The van der Waals surface area contributed by atoms with Crippen LogP contribution >= 0.6 is 11.8 Å². The van der Waals surface area contributed by atoms with Gasteiger partial charge in [-0.1, -0.05) is 24.6 Å². The fourth-order valence-electron chi connectivity index (χ4n) is 1.17. The molecule has 0 fully saturated rings. The van der Waals surface area contributed by atoms with E-state index in [4.69, 9.17) is 11.1 Å². The van der Waals surface area contributed by atoms with E-state index in [-0.39, 0.29) is 11.8 Å². The predicted octanol–water partition coefficient (Wildman–Crippen LogP) is 2.97. The highest BCUT2D eigenvalue weighted by molar-refractivity contribution is 7.99. The summed E-state index contributed by atoms with van der Waals surface area (Å²) in [6.07, 6.45) is 0. The van der Waals surface area contributed by atoms with Crippen LogP contribution in [0.25, 0.3) is 0 Å². The normalized spacial score (nSPS) is 12.5. The SMILES string of the molecule is Cc1ccc(C)c(SCC(C)C(=N)N)c1. The molecular weight excluding hydrogens is 204 g/mol. The van der Waals surface area contributed by atoms with Gasteiger partial charge in [0.25, 0.3) is 0 Å². The topological polar surface area (TPSA) is 49.9 Å². The van der Waals surface area contributed by atoms with Crippen LogP contribution in [0, 0.1) is 25.2 Å². The van der Waals surface area contributed by atoms with E-state index in [0.717, 1.165) is 5.75 Å². The Labute approximate surface area is 95.8 Å². The molecule has 2 nitrogen and oxygen atoms in total. The van der Waals surface area contributed by atoms with Crippen molar-refractivity contribution in [2.45, 2.75) is 25.7 Å². The Hall–Kier alpha value is -0.960. The molecule has 0 heterocycles. The molecule has 82 valence electrons. The second-order valence-corrected chi connectivity index (χ2v) is 5.00. The van der Waals surface area contributed by atoms with Gasteiger partial charge >= 0.3 is 0 Å². The number of benzene rings is 1. The zero-order valence-electron chi connectivity index (χ0n) is 9.50. The van der Waals surface area contributed by atoms with Gasteiger partial charge in [0.2, 0.25) is 0 Å². The van der Waals surface area contributed by atoms with E-state index in [1.807, 2.05) is 6.92 Å². The third-order valence-corrected chi connectivity index (χ3v) is 3.78. The Morgan fingerprint density at radius 1 is 1.47 bits per heavy atom. The van der Waals surface area contributed by atoms with Crippen molar-refractivity contribution in [1.29, 1.82) is 5.41 Å². The summed E-state index contributed by atoms with van der Waals surface area (Å²) in [7, 11) is 0. The van der Waals surface area contributed by atoms with Crippen LogP contribution in [-0.4, -0.2) is 11.6 Å². The molecule has 0 saturated heterocycles. The van der Waals surface area contributed by atoms with Gasteiger partial charge in [-0.15, -0.1) is 11.8 Å². The van der Waals surface area contributed by atoms with Crippen LogP contribution in [0.15, 0.2) is 23.1 Å². The van der Waals surface area contributed by atoms with E-state index in [0.29, 0.717) is 0 Å². The zero-order chi connectivity index (χ0) is 11.4. The molecule has 0 amide bonds. The van der Waals surface area contributed by atoms with Crippen molar-refractivity contribution in [3.63, 3.8) is 0 Å². The van der Waals surface area contributed by atoms with E-state index in [1.54, 1.807) is 11.8 Å². The summed E-state index contributed by atoms with van der Waals surface area (Å²) in [6.45, 7) is 6.19. The predicted molar refractivity (Wildman–Crippen MR) is 67.7 cm³/mol. The third-order valence-electron chi connectivity index (χ3n) is 2.36. The zero-order valence-corrected chi connectivity index (χ0v) is 10.3. The summed E-state index contributed by atoms with van der Waals surface area (Å²) < 4.78 is 0. The van der Waals surface area contributed by atoms with E-state index in [9.17, 15) is 0 Å². The summed E-state index contributed by atoms with van der Waals surface area (Å²) in [5.41, 5.74) is 8.01. The average Bonchev–Trinajstić information content (AvgIpc) is 2.18. The fourth-order valence-corrected chi connectivity index (χ4v) is 2.34. The second kappa shape index (κ2) is 5.21. The lowest BCUT2D eigenvalue weighted by Crippen LogP contribution is -2.21. The molecule has 3 heteroatoms. The molecule has 1 unspecified atom stereocenters. The van der Waals surface area contributed by atoms with E-state index in [2.05, 4.69) is 32.0 Å². The smallest absolute Gasteiger partial charge is 0.0942 e. The van der Waals surface area contributed by atoms with E-state index >= 15 is 0 Å². The molecule has 0 aliphatic heterocycles. The van der Waals surface area contributed by atoms with Crippen molar-refractivity contribution in [3.05, 3.63) is 29.3 Å². The quantitative estimate of drug-likeness (QED) is 0.467. The van der Waals surface area contributed by atoms with Crippen LogP contribution in [0.5, 0.6) is 0 Å². The Kier molecular flexibility index (Phi) is 4.21. The molecule has 0 aliphatic carbocycles. The summed E-state index contributed by atoms with van der Waals surface area (Å²) in [6, 6.07) is 6.44. The number of aryl methyl sites for hydroxylation is 2.